The average molecular weight is 549 g/mol. The second kappa shape index (κ2) is 7.27. The van der Waals surface area contributed by atoms with E-state index in [0.717, 1.165) is 41.3 Å². The largest absolute Gasteiger partial charge is 0.352 e. The van der Waals surface area contributed by atoms with Crippen LogP contribution in [0.2, 0.25) is 0 Å². The standard InChI is InChI=1S/C12H15Br4N5/c1-21-11-9(16)7(14)6(13)8(15)10(11)20-12(21)19-5(4-18)2-3-17/h5H,2-4,17-18H2,1H3,(H,19,20). The van der Waals surface area contributed by atoms with Crippen molar-refractivity contribution in [2.45, 2.75) is 12.5 Å². The zero-order valence-electron chi connectivity index (χ0n) is 11.3. The van der Waals surface area contributed by atoms with Gasteiger partial charge in [-0.05, 0) is 76.7 Å². The van der Waals surface area contributed by atoms with Gasteiger partial charge in [-0.3, -0.25) is 0 Å². The molecule has 9 heteroatoms. The summed E-state index contributed by atoms with van der Waals surface area (Å²) in [5.74, 6) is 0.764. The van der Waals surface area contributed by atoms with Gasteiger partial charge in [0.2, 0.25) is 5.95 Å². The van der Waals surface area contributed by atoms with Crippen molar-refractivity contribution < 1.29 is 0 Å². The topological polar surface area (TPSA) is 81.9 Å². The van der Waals surface area contributed by atoms with Crippen molar-refractivity contribution in [2.24, 2.45) is 18.5 Å². The number of halogens is 4. The molecule has 0 aliphatic heterocycles. The molecule has 0 aliphatic rings. The molecule has 21 heavy (non-hydrogen) atoms. The molecule has 0 spiro atoms. The van der Waals surface area contributed by atoms with Gasteiger partial charge >= 0.3 is 0 Å². The number of imidazole rings is 1. The number of rotatable bonds is 5. The number of fused-ring (bicyclic) bond motifs is 1. The van der Waals surface area contributed by atoms with Crippen LogP contribution in [0, 0.1) is 0 Å². The summed E-state index contributed by atoms with van der Waals surface area (Å²) in [6.07, 6.45) is 0.801. The fourth-order valence-electron chi connectivity index (χ4n) is 2.07. The summed E-state index contributed by atoms with van der Waals surface area (Å²) >= 11 is 14.3. The van der Waals surface area contributed by atoms with E-state index >= 15 is 0 Å². The molecule has 5 N–H and O–H groups in total. The first kappa shape index (κ1) is 17.7. The van der Waals surface area contributed by atoms with Gasteiger partial charge in [0.15, 0.2) is 0 Å². The fraction of sp³-hybridized carbons (Fsp3) is 0.417. The molecule has 1 aromatic carbocycles. The Hall–Kier alpha value is 0.330. The molecule has 0 amide bonds. The van der Waals surface area contributed by atoms with Crippen LogP contribution in [0.25, 0.3) is 11.0 Å². The molecular weight excluding hydrogens is 534 g/mol. The molecule has 1 heterocycles. The molecule has 0 saturated heterocycles. The van der Waals surface area contributed by atoms with Crippen molar-refractivity contribution in [1.29, 1.82) is 0 Å². The summed E-state index contributed by atoms with van der Waals surface area (Å²) in [6, 6.07) is 0.106. The Morgan fingerprint density at radius 2 is 1.71 bits per heavy atom. The fourth-order valence-corrected chi connectivity index (χ4v) is 4.50. The van der Waals surface area contributed by atoms with Crippen LogP contribution in [0.15, 0.2) is 17.9 Å². The Labute approximate surface area is 156 Å². The third-order valence-corrected chi connectivity index (χ3v) is 7.95. The Morgan fingerprint density at radius 3 is 2.29 bits per heavy atom. The Bertz CT molecular complexity index is 670. The first-order valence-electron chi connectivity index (χ1n) is 6.27. The van der Waals surface area contributed by atoms with Crippen LogP contribution in [-0.2, 0) is 7.05 Å². The van der Waals surface area contributed by atoms with Crippen molar-refractivity contribution in [3.8, 4) is 0 Å². The van der Waals surface area contributed by atoms with E-state index in [1.54, 1.807) is 0 Å². The summed E-state index contributed by atoms with van der Waals surface area (Å²) in [6.45, 7) is 1.10. The van der Waals surface area contributed by atoms with Gasteiger partial charge < -0.3 is 21.4 Å². The second-order valence-corrected chi connectivity index (χ2v) is 7.77. The number of nitrogens with one attached hydrogen (secondary N) is 1. The summed E-state index contributed by atoms with van der Waals surface area (Å²) in [5.41, 5.74) is 13.2. The number of nitrogens with zero attached hydrogens (tertiary/aromatic N) is 2. The maximum Gasteiger partial charge on any atom is 0.203 e. The summed E-state index contributed by atoms with van der Waals surface area (Å²) in [5, 5.41) is 3.36. The zero-order chi connectivity index (χ0) is 15.7. The smallest absolute Gasteiger partial charge is 0.203 e. The van der Waals surface area contributed by atoms with Gasteiger partial charge in [-0.15, -0.1) is 0 Å². The molecule has 2 aromatic rings. The van der Waals surface area contributed by atoms with E-state index in [1.807, 2.05) is 11.6 Å². The lowest BCUT2D eigenvalue weighted by Gasteiger charge is -2.16. The van der Waals surface area contributed by atoms with Crippen molar-refractivity contribution in [2.75, 3.05) is 18.4 Å². The van der Waals surface area contributed by atoms with E-state index in [0.29, 0.717) is 13.1 Å². The molecule has 0 saturated carbocycles. The normalized spacial score (nSPS) is 12.9. The lowest BCUT2D eigenvalue weighted by atomic mass is 10.2. The van der Waals surface area contributed by atoms with E-state index in [4.69, 9.17) is 11.5 Å². The lowest BCUT2D eigenvalue weighted by Crippen LogP contribution is -2.32. The Kier molecular flexibility index (Phi) is 6.12. The minimum Gasteiger partial charge on any atom is -0.352 e. The SMILES string of the molecule is Cn1c(NC(CN)CCN)nc2c(Br)c(Br)c(Br)c(Br)c21. The first-order chi connectivity index (χ1) is 9.92. The molecule has 1 unspecified atom stereocenters. The Balaban J connectivity index is 2.56. The highest BCUT2D eigenvalue weighted by Crippen LogP contribution is 2.43. The molecule has 116 valence electrons. The zero-order valence-corrected chi connectivity index (χ0v) is 17.6. The van der Waals surface area contributed by atoms with Gasteiger partial charge in [0.05, 0.1) is 14.5 Å². The third-order valence-electron chi connectivity index (χ3n) is 3.22. The molecule has 0 fully saturated rings. The summed E-state index contributed by atoms with van der Waals surface area (Å²) in [7, 11) is 1.96. The van der Waals surface area contributed by atoms with Gasteiger partial charge in [-0.2, -0.15) is 0 Å². The summed E-state index contributed by atoms with van der Waals surface area (Å²) < 4.78 is 5.70. The number of hydrogen-bond acceptors (Lipinski definition) is 4. The van der Waals surface area contributed by atoms with E-state index < -0.39 is 0 Å². The van der Waals surface area contributed by atoms with Crippen LogP contribution >= 0.6 is 63.7 Å². The average Bonchev–Trinajstić information content (AvgIpc) is 2.79. The monoisotopic (exact) mass is 545 g/mol. The summed E-state index contributed by atoms with van der Waals surface area (Å²) in [4.78, 5) is 4.67. The van der Waals surface area contributed by atoms with Crippen LogP contribution in [0.4, 0.5) is 5.95 Å². The third kappa shape index (κ3) is 3.32. The molecular formula is C12H15Br4N5. The molecule has 0 radical (unpaired) electrons. The van der Waals surface area contributed by atoms with Crippen LogP contribution in [0.1, 0.15) is 6.42 Å². The van der Waals surface area contributed by atoms with Crippen LogP contribution in [-0.4, -0.2) is 28.7 Å². The number of anilines is 1. The van der Waals surface area contributed by atoms with E-state index in [-0.39, 0.29) is 6.04 Å². The predicted molar refractivity (Wildman–Crippen MR) is 102 cm³/mol. The van der Waals surface area contributed by atoms with E-state index in [9.17, 15) is 0 Å². The van der Waals surface area contributed by atoms with Crippen LogP contribution < -0.4 is 16.8 Å². The highest BCUT2D eigenvalue weighted by molar-refractivity contribution is 9.15. The van der Waals surface area contributed by atoms with Crippen molar-refractivity contribution in [1.82, 2.24) is 9.55 Å². The van der Waals surface area contributed by atoms with Gasteiger partial charge in [0, 0.05) is 28.6 Å². The van der Waals surface area contributed by atoms with Crippen molar-refractivity contribution in [3.05, 3.63) is 17.9 Å². The van der Waals surface area contributed by atoms with Crippen molar-refractivity contribution >= 4 is 80.7 Å². The number of benzene rings is 1. The molecule has 5 nitrogen and oxygen atoms in total. The van der Waals surface area contributed by atoms with E-state index in [1.165, 1.54) is 0 Å². The Morgan fingerprint density at radius 1 is 1.10 bits per heavy atom. The van der Waals surface area contributed by atoms with Crippen LogP contribution in [0.5, 0.6) is 0 Å². The molecule has 2 rings (SSSR count). The number of nitrogens with two attached hydrogens (primary N) is 2. The van der Waals surface area contributed by atoms with Crippen LogP contribution in [0.3, 0.4) is 0 Å². The molecule has 1 aromatic heterocycles. The highest BCUT2D eigenvalue weighted by atomic mass is 79.9. The second-order valence-electron chi connectivity index (χ2n) is 4.60. The first-order valence-corrected chi connectivity index (χ1v) is 9.44. The highest BCUT2D eigenvalue weighted by Gasteiger charge is 2.20. The molecule has 0 bridgehead atoms. The number of aryl methyl sites for hydroxylation is 1. The lowest BCUT2D eigenvalue weighted by molar-refractivity contribution is 0.659. The number of hydrogen-bond donors (Lipinski definition) is 3. The maximum atomic E-state index is 5.77. The van der Waals surface area contributed by atoms with E-state index in [2.05, 4.69) is 74.0 Å². The molecule has 0 aliphatic carbocycles. The van der Waals surface area contributed by atoms with Gasteiger partial charge in [-0.1, -0.05) is 0 Å². The van der Waals surface area contributed by atoms with Gasteiger partial charge in [-0.25, -0.2) is 4.98 Å². The minimum atomic E-state index is 0.106. The molecule has 1 atom stereocenters. The quantitative estimate of drug-likeness (QED) is 0.393. The number of aromatic nitrogens is 2. The minimum absolute atomic E-state index is 0.106. The predicted octanol–water partition coefficient (Wildman–Crippen LogP) is 3.71. The van der Waals surface area contributed by atoms with Crippen molar-refractivity contribution in [3.63, 3.8) is 0 Å². The van der Waals surface area contributed by atoms with Gasteiger partial charge in [0.25, 0.3) is 0 Å². The van der Waals surface area contributed by atoms with Gasteiger partial charge in [0.1, 0.15) is 5.52 Å². The maximum absolute atomic E-state index is 5.77.